The molecule has 2 N–H and O–H groups in total. The maximum absolute atomic E-state index is 12.5. The third kappa shape index (κ3) is 3.84. The molecule has 6 heteroatoms. The molecule has 144 valence electrons. The number of urea groups is 1. The Morgan fingerprint density at radius 1 is 1.22 bits per heavy atom. The second kappa shape index (κ2) is 7.33. The van der Waals surface area contributed by atoms with Crippen LogP contribution in [0.15, 0.2) is 29.3 Å². The molecule has 3 aliphatic rings. The summed E-state index contributed by atoms with van der Waals surface area (Å²) < 4.78 is 0. The van der Waals surface area contributed by atoms with Gasteiger partial charge in [-0.05, 0) is 25.8 Å². The van der Waals surface area contributed by atoms with E-state index in [0.717, 1.165) is 24.0 Å². The molecule has 1 aliphatic carbocycles. The van der Waals surface area contributed by atoms with Gasteiger partial charge in [0, 0.05) is 37.5 Å². The topological polar surface area (TPSA) is 73.8 Å². The molecule has 1 saturated heterocycles. The van der Waals surface area contributed by atoms with Crippen LogP contribution in [-0.4, -0.2) is 47.3 Å². The van der Waals surface area contributed by atoms with Crippen molar-refractivity contribution in [2.45, 2.75) is 63.6 Å². The minimum Gasteiger partial charge on any atom is -0.335 e. The van der Waals surface area contributed by atoms with Crippen LogP contribution < -0.4 is 10.6 Å². The number of carbonyl (C=O) groups is 2. The van der Waals surface area contributed by atoms with Gasteiger partial charge in [-0.1, -0.05) is 43.0 Å². The lowest BCUT2D eigenvalue weighted by molar-refractivity contribution is -0.115. The van der Waals surface area contributed by atoms with E-state index in [1.807, 2.05) is 36.1 Å². The fraction of sp³-hybridized carbons (Fsp3) is 0.571. The molecule has 4 rings (SSSR count). The second-order valence-corrected chi connectivity index (χ2v) is 8.09. The zero-order chi connectivity index (χ0) is 18.9. The number of aliphatic imine (C=N–C) groups is 1. The minimum atomic E-state index is -0.558. The van der Waals surface area contributed by atoms with Crippen molar-refractivity contribution in [2.75, 3.05) is 13.1 Å². The molecule has 2 heterocycles. The van der Waals surface area contributed by atoms with Crippen LogP contribution in [0.2, 0.25) is 0 Å². The molecule has 0 aromatic heterocycles. The van der Waals surface area contributed by atoms with E-state index in [1.165, 1.54) is 19.3 Å². The van der Waals surface area contributed by atoms with Crippen molar-refractivity contribution >= 4 is 17.6 Å². The smallest absolute Gasteiger partial charge is 0.317 e. The van der Waals surface area contributed by atoms with E-state index in [2.05, 4.69) is 10.6 Å². The van der Waals surface area contributed by atoms with Crippen molar-refractivity contribution in [3.05, 3.63) is 35.4 Å². The van der Waals surface area contributed by atoms with Crippen LogP contribution >= 0.6 is 0 Å². The van der Waals surface area contributed by atoms with Crippen LogP contribution in [0, 0.1) is 6.92 Å². The number of nitrogens with zero attached hydrogens (tertiary/aromatic N) is 2. The molecule has 0 bridgehead atoms. The second-order valence-electron chi connectivity index (χ2n) is 8.09. The molecule has 0 radical (unpaired) electrons. The zero-order valence-corrected chi connectivity index (χ0v) is 16.0. The van der Waals surface area contributed by atoms with Gasteiger partial charge < -0.3 is 15.5 Å². The van der Waals surface area contributed by atoms with Gasteiger partial charge >= 0.3 is 6.03 Å². The Kier molecular flexibility index (Phi) is 4.89. The van der Waals surface area contributed by atoms with Crippen LogP contribution in [0.1, 0.15) is 56.1 Å². The summed E-state index contributed by atoms with van der Waals surface area (Å²) in [7, 11) is 0. The molecule has 2 aliphatic heterocycles. The van der Waals surface area contributed by atoms with E-state index in [4.69, 9.17) is 4.99 Å². The lowest BCUT2D eigenvalue weighted by Gasteiger charge is -2.38. The molecule has 1 aromatic rings. The van der Waals surface area contributed by atoms with E-state index >= 15 is 0 Å². The van der Waals surface area contributed by atoms with Gasteiger partial charge in [0.1, 0.15) is 11.4 Å². The van der Waals surface area contributed by atoms with Crippen molar-refractivity contribution in [2.24, 2.45) is 4.99 Å². The predicted molar refractivity (Wildman–Crippen MR) is 105 cm³/mol. The summed E-state index contributed by atoms with van der Waals surface area (Å²) in [6, 6.07) is 8.23. The average molecular weight is 368 g/mol. The number of rotatable bonds is 2. The highest BCUT2D eigenvalue weighted by Crippen LogP contribution is 2.29. The summed E-state index contributed by atoms with van der Waals surface area (Å²) >= 11 is 0. The monoisotopic (exact) mass is 368 g/mol. The van der Waals surface area contributed by atoms with E-state index in [1.54, 1.807) is 0 Å². The van der Waals surface area contributed by atoms with Crippen molar-refractivity contribution in [1.29, 1.82) is 0 Å². The highest BCUT2D eigenvalue weighted by molar-refractivity contribution is 6.46. The fourth-order valence-electron chi connectivity index (χ4n) is 4.38. The largest absolute Gasteiger partial charge is 0.335 e. The number of amides is 3. The molecule has 6 nitrogen and oxygen atoms in total. The number of carbonyl (C=O) groups excluding carboxylic acids is 2. The van der Waals surface area contributed by atoms with Gasteiger partial charge in [0.2, 0.25) is 0 Å². The van der Waals surface area contributed by atoms with Crippen LogP contribution in [0.4, 0.5) is 4.79 Å². The van der Waals surface area contributed by atoms with Crippen LogP contribution in [0.25, 0.3) is 0 Å². The first-order valence-corrected chi connectivity index (χ1v) is 10.1. The number of likely N-dealkylation sites (tertiary alicyclic amines) is 1. The number of aryl methyl sites for hydroxylation is 1. The van der Waals surface area contributed by atoms with Crippen LogP contribution in [0.3, 0.4) is 0 Å². The number of hydrogen-bond donors (Lipinski definition) is 2. The van der Waals surface area contributed by atoms with Crippen molar-refractivity contribution < 1.29 is 9.59 Å². The lowest BCUT2D eigenvalue weighted by atomic mass is 9.95. The first-order valence-electron chi connectivity index (χ1n) is 10.1. The van der Waals surface area contributed by atoms with Gasteiger partial charge in [-0.25, -0.2) is 4.79 Å². The maximum atomic E-state index is 12.5. The number of benzene rings is 1. The number of hydrogen-bond acceptors (Lipinski definition) is 3. The molecule has 3 amide bonds. The van der Waals surface area contributed by atoms with Crippen molar-refractivity contribution in [3.8, 4) is 0 Å². The van der Waals surface area contributed by atoms with E-state index in [-0.39, 0.29) is 11.9 Å². The minimum absolute atomic E-state index is 0.0314. The lowest BCUT2D eigenvalue weighted by Crippen LogP contribution is -2.55. The van der Waals surface area contributed by atoms with E-state index in [0.29, 0.717) is 37.7 Å². The summed E-state index contributed by atoms with van der Waals surface area (Å²) in [5, 5.41) is 6.26. The molecule has 1 aromatic carbocycles. The molecular formula is C21H28N4O2. The van der Waals surface area contributed by atoms with Crippen LogP contribution in [0.5, 0.6) is 0 Å². The highest BCUT2D eigenvalue weighted by atomic mass is 16.2. The van der Waals surface area contributed by atoms with Gasteiger partial charge in [0.05, 0.1) is 0 Å². The molecule has 0 atom stereocenters. The Bertz CT molecular complexity index is 759. The summed E-state index contributed by atoms with van der Waals surface area (Å²) in [6.45, 7) is 3.24. The van der Waals surface area contributed by atoms with Crippen molar-refractivity contribution in [3.63, 3.8) is 0 Å². The fourth-order valence-corrected chi connectivity index (χ4v) is 4.38. The molecular weight excluding hydrogens is 340 g/mol. The Labute approximate surface area is 160 Å². The van der Waals surface area contributed by atoms with E-state index < -0.39 is 5.66 Å². The quantitative estimate of drug-likeness (QED) is 0.842. The average Bonchev–Trinajstić information content (AvgIpc) is 2.99. The summed E-state index contributed by atoms with van der Waals surface area (Å²) in [5.74, 6) is -0.110. The number of nitrogens with one attached hydrogen (secondary N) is 2. The standard InChI is InChI=1S/C21H28N4O2/c1-15-6-5-7-16(14-15)18-19(26)24-21(23-18)10-12-25(13-11-21)20(27)22-17-8-3-2-4-9-17/h5-7,14,17H,2-4,8-13H2,1H3,(H,22,27)(H,24,26). The maximum Gasteiger partial charge on any atom is 0.317 e. The summed E-state index contributed by atoms with van der Waals surface area (Å²) in [6.07, 6.45) is 7.18. The Hall–Kier alpha value is -2.37. The predicted octanol–water partition coefficient (Wildman–Crippen LogP) is 2.75. The third-order valence-electron chi connectivity index (χ3n) is 5.99. The molecule has 27 heavy (non-hydrogen) atoms. The van der Waals surface area contributed by atoms with Crippen LogP contribution in [-0.2, 0) is 4.79 Å². The zero-order valence-electron chi connectivity index (χ0n) is 16.0. The Balaban J connectivity index is 1.39. The molecule has 1 saturated carbocycles. The molecule has 0 unspecified atom stereocenters. The van der Waals surface area contributed by atoms with E-state index in [9.17, 15) is 9.59 Å². The number of piperidine rings is 1. The normalized spacial score (nSPS) is 22.5. The Morgan fingerprint density at radius 3 is 2.67 bits per heavy atom. The molecule has 2 fully saturated rings. The summed E-state index contributed by atoms with van der Waals surface area (Å²) in [5.41, 5.74) is 1.93. The Morgan fingerprint density at radius 2 is 1.96 bits per heavy atom. The van der Waals surface area contributed by atoms with Crippen molar-refractivity contribution in [1.82, 2.24) is 15.5 Å². The third-order valence-corrected chi connectivity index (χ3v) is 5.99. The van der Waals surface area contributed by atoms with Gasteiger partial charge in [-0.15, -0.1) is 0 Å². The first-order chi connectivity index (χ1) is 13.0. The van der Waals surface area contributed by atoms with Gasteiger partial charge in [-0.2, -0.15) is 0 Å². The first kappa shape index (κ1) is 18.0. The SMILES string of the molecule is Cc1cccc(C2=NC3(CCN(C(=O)NC4CCCCC4)CC3)NC2=O)c1. The highest BCUT2D eigenvalue weighted by Gasteiger charge is 2.43. The van der Waals surface area contributed by atoms with Gasteiger partial charge in [-0.3, -0.25) is 9.79 Å². The van der Waals surface area contributed by atoms with Gasteiger partial charge in [0.15, 0.2) is 0 Å². The summed E-state index contributed by atoms with van der Waals surface area (Å²) in [4.78, 5) is 31.7. The molecule has 1 spiro atoms. The van der Waals surface area contributed by atoms with Gasteiger partial charge in [0.25, 0.3) is 5.91 Å².